The highest BCUT2D eigenvalue weighted by atomic mass is 32.1. The molecule has 2 heterocycles. The quantitative estimate of drug-likeness (QED) is 0.580. The maximum absolute atomic E-state index is 12.9. The van der Waals surface area contributed by atoms with Crippen LogP contribution in [-0.2, 0) is 4.79 Å². The average molecular weight is 413 g/mol. The standard InChI is InChI=1S/C21H24N4O3S/c1-3-17(26)24-14-5-4-6-15(14)25-20(27)12-7-8-16-13(9-12)18-19(29-16)21(28)23-11(2)10-22-18/h3,7-9,11,14-15,22H,1,4-6,10H2,2H3,(H,23,28)(H,24,26)(H,25,27). The molecule has 29 heavy (non-hydrogen) atoms. The number of amides is 3. The van der Waals surface area contributed by atoms with Gasteiger partial charge in [0.2, 0.25) is 5.91 Å². The number of fused-ring (bicyclic) bond motifs is 3. The Morgan fingerprint density at radius 2 is 2.00 bits per heavy atom. The van der Waals surface area contributed by atoms with Crippen molar-refractivity contribution < 1.29 is 14.4 Å². The first-order chi connectivity index (χ1) is 14.0. The van der Waals surface area contributed by atoms with E-state index < -0.39 is 0 Å². The summed E-state index contributed by atoms with van der Waals surface area (Å²) in [4.78, 5) is 37.6. The van der Waals surface area contributed by atoms with Gasteiger partial charge in [0.05, 0.1) is 5.69 Å². The predicted octanol–water partition coefficient (Wildman–Crippen LogP) is 2.40. The molecule has 3 atom stereocenters. The molecule has 1 aromatic heterocycles. The van der Waals surface area contributed by atoms with Crippen LogP contribution < -0.4 is 21.3 Å². The molecule has 7 nitrogen and oxygen atoms in total. The van der Waals surface area contributed by atoms with Crippen LogP contribution >= 0.6 is 11.3 Å². The number of carbonyl (C=O) groups excluding carboxylic acids is 3. The Balaban J connectivity index is 1.56. The molecule has 0 saturated heterocycles. The van der Waals surface area contributed by atoms with Gasteiger partial charge in [0.25, 0.3) is 11.8 Å². The fraction of sp³-hybridized carbons (Fsp3) is 0.381. The maximum atomic E-state index is 12.9. The zero-order valence-electron chi connectivity index (χ0n) is 16.2. The number of benzene rings is 1. The van der Waals surface area contributed by atoms with Gasteiger partial charge in [0, 0.05) is 40.3 Å². The number of carbonyl (C=O) groups is 3. The highest BCUT2D eigenvalue weighted by Gasteiger charge is 2.30. The molecule has 2 aliphatic rings. The molecule has 4 N–H and O–H groups in total. The predicted molar refractivity (Wildman–Crippen MR) is 114 cm³/mol. The van der Waals surface area contributed by atoms with Gasteiger partial charge in [-0.05, 0) is 50.5 Å². The Hall–Kier alpha value is -2.87. The van der Waals surface area contributed by atoms with Gasteiger partial charge in [0.1, 0.15) is 4.88 Å². The maximum Gasteiger partial charge on any atom is 0.263 e. The number of thiophene rings is 1. The van der Waals surface area contributed by atoms with Gasteiger partial charge in [-0.2, -0.15) is 0 Å². The Morgan fingerprint density at radius 3 is 2.76 bits per heavy atom. The molecular weight excluding hydrogens is 388 g/mol. The van der Waals surface area contributed by atoms with Gasteiger partial charge in [-0.1, -0.05) is 6.58 Å². The topological polar surface area (TPSA) is 99.3 Å². The molecule has 3 unspecified atom stereocenters. The third-order valence-electron chi connectivity index (χ3n) is 5.46. The first-order valence-electron chi connectivity index (χ1n) is 9.81. The Morgan fingerprint density at radius 1 is 1.24 bits per heavy atom. The number of anilines is 1. The van der Waals surface area contributed by atoms with Crippen LogP contribution in [0.15, 0.2) is 30.9 Å². The van der Waals surface area contributed by atoms with Crippen LogP contribution in [0.3, 0.4) is 0 Å². The van der Waals surface area contributed by atoms with Gasteiger partial charge in [-0.25, -0.2) is 0 Å². The molecule has 1 fully saturated rings. The van der Waals surface area contributed by atoms with E-state index in [4.69, 9.17) is 0 Å². The molecule has 152 valence electrons. The summed E-state index contributed by atoms with van der Waals surface area (Å²) in [7, 11) is 0. The summed E-state index contributed by atoms with van der Waals surface area (Å²) in [6.45, 7) is 6.06. The number of hydrogen-bond donors (Lipinski definition) is 4. The SMILES string of the molecule is C=CC(=O)NC1CCCC1NC(=O)c1ccc2sc3c(c2c1)NCC(C)NC3=O. The summed E-state index contributed by atoms with van der Waals surface area (Å²) >= 11 is 1.42. The van der Waals surface area contributed by atoms with E-state index in [9.17, 15) is 14.4 Å². The molecule has 1 saturated carbocycles. The summed E-state index contributed by atoms with van der Waals surface area (Å²) in [5, 5.41) is 13.1. The zero-order chi connectivity index (χ0) is 20.5. The summed E-state index contributed by atoms with van der Waals surface area (Å²) in [6, 6.07) is 5.34. The molecule has 3 amide bonds. The van der Waals surface area contributed by atoms with E-state index in [1.165, 1.54) is 17.4 Å². The minimum atomic E-state index is -0.225. The highest BCUT2D eigenvalue weighted by molar-refractivity contribution is 7.21. The van der Waals surface area contributed by atoms with Crippen LogP contribution in [0.25, 0.3) is 10.1 Å². The largest absolute Gasteiger partial charge is 0.381 e. The summed E-state index contributed by atoms with van der Waals surface area (Å²) < 4.78 is 0.959. The lowest BCUT2D eigenvalue weighted by Gasteiger charge is -2.21. The van der Waals surface area contributed by atoms with Crippen LogP contribution in [0.5, 0.6) is 0 Å². The smallest absolute Gasteiger partial charge is 0.263 e. The second-order valence-corrected chi connectivity index (χ2v) is 8.65. The molecule has 1 aliphatic carbocycles. The van der Waals surface area contributed by atoms with Gasteiger partial charge >= 0.3 is 0 Å². The van der Waals surface area contributed by atoms with E-state index in [1.807, 2.05) is 19.1 Å². The lowest BCUT2D eigenvalue weighted by atomic mass is 10.1. The first kappa shape index (κ1) is 19.4. The Labute approximate surface area is 172 Å². The minimum absolute atomic E-state index is 0.0358. The lowest BCUT2D eigenvalue weighted by molar-refractivity contribution is -0.117. The number of rotatable bonds is 4. The van der Waals surface area contributed by atoms with Crippen molar-refractivity contribution in [1.29, 1.82) is 0 Å². The molecule has 4 rings (SSSR count). The molecular formula is C21H24N4O3S. The van der Waals surface area contributed by atoms with Gasteiger partial charge in [0.15, 0.2) is 0 Å². The van der Waals surface area contributed by atoms with Crippen molar-refractivity contribution in [3.63, 3.8) is 0 Å². The fourth-order valence-corrected chi connectivity index (χ4v) is 5.03. The van der Waals surface area contributed by atoms with Crippen LogP contribution in [-0.4, -0.2) is 42.4 Å². The summed E-state index contributed by atoms with van der Waals surface area (Å²) in [5.74, 6) is -0.489. The van der Waals surface area contributed by atoms with Crippen LogP contribution in [0.2, 0.25) is 0 Å². The van der Waals surface area contributed by atoms with E-state index in [0.29, 0.717) is 17.0 Å². The molecule has 0 bridgehead atoms. The van der Waals surface area contributed by atoms with Crippen molar-refractivity contribution >= 4 is 44.8 Å². The second-order valence-electron chi connectivity index (χ2n) is 7.60. The van der Waals surface area contributed by atoms with Crippen molar-refractivity contribution in [3.8, 4) is 0 Å². The van der Waals surface area contributed by atoms with Gasteiger partial charge in [-0.3, -0.25) is 14.4 Å². The molecule has 0 spiro atoms. The monoisotopic (exact) mass is 412 g/mol. The molecule has 1 aromatic carbocycles. The average Bonchev–Trinajstić information content (AvgIpc) is 3.26. The Bertz CT molecular complexity index is 999. The normalized spacial score (nSPS) is 23.5. The second kappa shape index (κ2) is 7.87. The van der Waals surface area contributed by atoms with E-state index in [1.54, 1.807) is 6.07 Å². The van der Waals surface area contributed by atoms with E-state index >= 15 is 0 Å². The van der Waals surface area contributed by atoms with Crippen LogP contribution in [0.1, 0.15) is 46.2 Å². The van der Waals surface area contributed by atoms with E-state index in [0.717, 1.165) is 35.0 Å². The van der Waals surface area contributed by atoms with Crippen molar-refractivity contribution in [2.75, 3.05) is 11.9 Å². The minimum Gasteiger partial charge on any atom is -0.381 e. The van der Waals surface area contributed by atoms with Gasteiger partial charge in [-0.15, -0.1) is 11.3 Å². The van der Waals surface area contributed by atoms with Gasteiger partial charge < -0.3 is 21.3 Å². The summed E-state index contributed by atoms with van der Waals surface area (Å²) in [6.07, 6.45) is 3.85. The van der Waals surface area contributed by atoms with Crippen molar-refractivity contribution in [2.24, 2.45) is 0 Å². The number of hydrogen-bond acceptors (Lipinski definition) is 5. The van der Waals surface area contributed by atoms with Crippen molar-refractivity contribution in [1.82, 2.24) is 16.0 Å². The molecule has 8 heteroatoms. The van der Waals surface area contributed by atoms with E-state index in [-0.39, 0.29) is 35.8 Å². The first-order valence-corrected chi connectivity index (χ1v) is 10.6. The van der Waals surface area contributed by atoms with Crippen LogP contribution in [0.4, 0.5) is 5.69 Å². The zero-order valence-corrected chi connectivity index (χ0v) is 17.0. The molecule has 2 aromatic rings. The van der Waals surface area contributed by atoms with E-state index in [2.05, 4.69) is 27.8 Å². The third kappa shape index (κ3) is 3.85. The summed E-state index contributed by atoms with van der Waals surface area (Å²) in [5.41, 5.74) is 1.33. The highest BCUT2D eigenvalue weighted by Crippen LogP contribution is 2.37. The van der Waals surface area contributed by atoms with Crippen LogP contribution in [0, 0.1) is 0 Å². The Kier molecular flexibility index (Phi) is 5.27. The molecule has 1 aliphatic heterocycles. The third-order valence-corrected chi connectivity index (χ3v) is 6.63. The molecule has 0 radical (unpaired) electrons. The lowest BCUT2D eigenvalue weighted by Crippen LogP contribution is -2.48. The van der Waals surface area contributed by atoms with Crippen molar-refractivity contribution in [2.45, 2.75) is 44.3 Å². The number of nitrogens with one attached hydrogen (secondary N) is 4. The fourth-order valence-electron chi connectivity index (χ4n) is 3.97. The van der Waals surface area contributed by atoms with Crippen molar-refractivity contribution in [3.05, 3.63) is 41.3 Å².